The van der Waals surface area contributed by atoms with Gasteiger partial charge in [0.15, 0.2) is 5.96 Å². The van der Waals surface area contributed by atoms with Crippen molar-refractivity contribution in [2.75, 3.05) is 7.11 Å². The van der Waals surface area contributed by atoms with Gasteiger partial charge < -0.3 is 21.9 Å². The molecule has 0 radical (unpaired) electrons. The third kappa shape index (κ3) is 3.97. The topological polar surface area (TPSA) is 112 Å². The Kier molecular flexibility index (Phi) is 4.40. The van der Waals surface area contributed by atoms with Crippen molar-refractivity contribution >= 4 is 17.6 Å². The normalized spacial score (nSPS) is 11.0. The Labute approximate surface area is 123 Å². The first-order valence-electron chi connectivity index (χ1n) is 6.27. The highest BCUT2D eigenvalue weighted by Crippen LogP contribution is 2.25. The highest BCUT2D eigenvalue weighted by atomic mass is 16.5. The first kappa shape index (κ1) is 14.4. The zero-order valence-electron chi connectivity index (χ0n) is 11.7. The fraction of sp³-hybridized carbons (Fsp3) is 0.0667. The Morgan fingerprint density at radius 2 is 1.67 bits per heavy atom. The van der Waals surface area contributed by atoms with E-state index in [1.165, 1.54) is 0 Å². The molecule has 0 aromatic heterocycles. The van der Waals surface area contributed by atoms with Gasteiger partial charge in [0.2, 0.25) is 5.96 Å². The number of nitrogens with two attached hydrogens (primary N) is 3. The van der Waals surface area contributed by atoms with Crippen molar-refractivity contribution in [1.82, 2.24) is 0 Å². The first-order valence-corrected chi connectivity index (χ1v) is 6.27. The molecule has 0 fully saturated rings. The van der Waals surface area contributed by atoms with Gasteiger partial charge in [0.1, 0.15) is 5.75 Å². The van der Waals surface area contributed by atoms with Crippen LogP contribution in [0.2, 0.25) is 0 Å². The molecular weight excluding hydrogens is 266 g/mol. The van der Waals surface area contributed by atoms with E-state index in [2.05, 4.69) is 9.98 Å². The van der Waals surface area contributed by atoms with Crippen LogP contribution in [0.25, 0.3) is 11.1 Å². The number of nitrogens with zero attached hydrogens (tertiary/aromatic N) is 2. The summed E-state index contributed by atoms with van der Waals surface area (Å²) in [6.45, 7) is 0. The van der Waals surface area contributed by atoms with Gasteiger partial charge in [-0.2, -0.15) is 4.99 Å². The number of methoxy groups -OCH3 is 1. The molecule has 2 aromatic rings. The summed E-state index contributed by atoms with van der Waals surface area (Å²) < 4.78 is 5.14. The largest absolute Gasteiger partial charge is 0.497 e. The average Bonchev–Trinajstić information content (AvgIpc) is 2.46. The predicted octanol–water partition coefficient (Wildman–Crippen LogP) is 1.58. The summed E-state index contributed by atoms with van der Waals surface area (Å²) in [6.07, 6.45) is 0. The van der Waals surface area contributed by atoms with E-state index >= 15 is 0 Å². The minimum absolute atomic E-state index is 0.0156. The molecule has 2 rings (SSSR count). The summed E-state index contributed by atoms with van der Waals surface area (Å²) in [6, 6.07) is 15.3. The van der Waals surface area contributed by atoms with Gasteiger partial charge in [-0.25, -0.2) is 4.99 Å². The fourth-order valence-electron chi connectivity index (χ4n) is 1.83. The molecule has 108 valence electrons. The van der Waals surface area contributed by atoms with Crippen molar-refractivity contribution in [2.24, 2.45) is 27.2 Å². The number of hydrogen-bond acceptors (Lipinski definition) is 2. The average molecular weight is 283 g/mol. The van der Waals surface area contributed by atoms with Crippen LogP contribution in [0, 0.1) is 0 Å². The van der Waals surface area contributed by atoms with Gasteiger partial charge in [-0.05, 0) is 35.4 Å². The zero-order chi connectivity index (χ0) is 15.2. The molecule has 0 aliphatic carbocycles. The van der Waals surface area contributed by atoms with Crippen molar-refractivity contribution in [3.8, 4) is 16.9 Å². The van der Waals surface area contributed by atoms with Gasteiger partial charge in [0, 0.05) is 0 Å². The summed E-state index contributed by atoms with van der Waals surface area (Å²) in [5.74, 6) is 0.703. The molecule has 0 saturated carbocycles. The van der Waals surface area contributed by atoms with E-state index in [1.807, 2.05) is 48.5 Å². The third-order valence-electron chi connectivity index (χ3n) is 2.76. The summed E-state index contributed by atoms with van der Waals surface area (Å²) in [7, 11) is 1.64. The monoisotopic (exact) mass is 283 g/mol. The molecular formula is C15H17N5O. The number of guanidine groups is 2. The van der Waals surface area contributed by atoms with Crippen molar-refractivity contribution in [1.29, 1.82) is 0 Å². The summed E-state index contributed by atoms with van der Waals surface area (Å²) >= 11 is 0. The molecule has 0 spiro atoms. The van der Waals surface area contributed by atoms with E-state index < -0.39 is 0 Å². The van der Waals surface area contributed by atoms with E-state index in [-0.39, 0.29) is 11.9 Å². The zero-order valence-corrected chi connectivity index (χ0v) is 11.7. The van der Waals surface area contributed by atoms with Gasteiger partial charge in [-0.1, -0.05) is 24.3 Å². The number of aliphatic imine (C=N–C) groups is 2. The van der Waals surface area contributed by atoms with Crippen molar-refractivity contribution in [3.05, 3.63) is 48.5 Å². The lowest BCUT2D eigenvalue weighted by Crippen LogP contribution is -2.26. The van der Waals surface area contributed by atoms with Gasteiger partial charge in [-0.3, -0.25) is 0 Å². The lowest BCUT2D eigenvalue weighted by molar-refractivity contribution is 0.415. The fourth-order valence-corrected chi connectivity index (χ4v) is 1.83. The lowest BCUT2D eigenvalue weighted by atomic mass is 10.1. The van der Waals surface area contributed by atoms with Gasteiger partial charge in [0.25, 0.3) is 0 Å². The van der Waals surface area contributed by atoms with Crippen LogP contribution in [0.3, 0.4) is 0 Å². The van der Waals surface area contributed by atoms with Gasteiger partial charge in [0.05, 0.1) is 12.8 Å². The van der Waals surface area contributed by atoms with Crippen LogP contribution < -0.4 is 21.9 Å². The first-order chi connectivity index (χ1) is 10.1. The van der Waals surface area contributed by atoms with Gasteiger partial charge in [-0.15, -0.1) is 0 Å². The Morgan fingerprint density at radius 1 is 0.952 bits per heavy atom. The second kappa shape index (κ2) is 6.42. The number of benzene rings is 2. The van der Waals surface area contributed by atoms with E-state index in [0.717, 1.165) is 16.9 Å². The SMILES string of the molecule is COc1ccc(-c2cccc(N=C(N)N=C(N)N)c2)cc1. The van der Waals surface area contributed by atoms with E-state index in [1.54, 1.807) is 7.11 Å². The maximum absolute atomic E-state index is 5.62. The number of ether oxygens (including phenoxy) is 1. The van der Waals surface area contributed by atoms with Crippen LogP contribution in [0.5, 0.6) is 5.75 Å². The molecule has 6 nitrogen and oxygen atoms in total. The predicted molar refractivity (Wildman–Crippen MR) is 85.5 cm³/mol. The molecule has 0 aliphatic heterocycles. The highest BCUT2D eigenvalue weighted by Gasteiger charge is 2.00. The van der Waals surface area contributed by atoms with Crippen LogP contribution in [-0.4, -0.2) is 19.0 Å². The Balaban J connectivity index is 2.30. The van der Waals surface area contributed by atoms with E-state index in [0.29, 0.717) is 5.69 Å². The second-order valence-corrected chi connectivity index (χ2v) is 4.29. The number of hydrogen-bond donors (Lipinski definition) is 3. The van der Waals surface area contributed by atoms with Crippen molar-refractivity contribution in [2.45, 2.75) is 0 Å². The lowest BCUT2D eigenvalue weighted by Gasteiger charge is -2.05. The highest BCUT2D eigenvalue weighted by molar-refractivity contribution is 5.93. The van der Waals surface area contributed by atoms with Crippen LogP contribution in [0.15, 0.2) is 58.5 Å². The minimum atomic E-state index is -0.123. The summed E-state index contributed by atoms with van der Waals surface area (Å²) in [4.78, 5) is 7.82. The second-order valence-electron chi connectivity index (χ2n) is 4.29. The summed E-state index contributed by atoms with van der Waals surface area (Å²) in [5.41, 5.74) is 18.9. The Bertz CT molecular complexity index is 673. The van der Waals surface area contributed by atoms with E-state index in [4.69, 9.17) is 21.9 Å². The summed E-state index contributed by atoms with van der Waals surface area (Å²) in [5, 5.41) is 0. The molecule has 0 atom stereocenters. The van der Waals surface area contributed by atoms with Crippen molar-refractivity contribution < 1.29 is 4.74 Å². The number of rotatable bonds is 3. The maximum Gasteiger partial charge on any atom is 0.223 e. The van der Waals surface area contributed by atoms with Gasteiger partial charge >= 0.3 is 0 Å². The Morgan fingerprint density at radius 3 is 2.29 bits per heavy atom. The standard InChI is InChI=1S/C15H17N5O/c1-21-13-7-5-10(6-8-13)11-3-2-4-12(9-11)19-15(18)20-14(16)17/h2-9H,1H3,(H6,16,17,18,19,20). The van der Waals surface area contributed by atoms with Crippen LogP contribution in [0.4, 0.5) is 5.69 Å². The molecule has 0 heterocycles. The smallest absolute Gasteiger partial charge is 0.223 e. The molecule has 0 saturated heterocycles. The molecule has 2 aromatic carbocycles. The molecule has 0 unspecified atom stereocenters. The molecule has 21 heavy (non-hydrogen) atoms. The molecule has 0 amide bonds. The molecule has 6 N–H and O–H groups in total. The third-order valence-corrected chi connectivity index (χ3v) is 2.76. The maximum atomic E-state index is 5.62. The quantitative estimate of drug-likeness (QED) is 0.586. The molecule has 0 bridgehead atoms. The van der Waals surface area contributed by atoms with Crippen molar-refractivity contribution in [3.63, 3.8) is 0 Å². The molecule has 6 heteroatoms. The van der Waals surface area contributed by atoms with Crippen LogP contribution >= 0.6 is 0 Å². The van der Waals surface area contributed by atoms with E-state index in [9.17, 15) is 0 Å². The van der Waals surface area contributed by atoms with Crippen LogP contribution in [0.1, 0.15) is 0 Å². The van der Waals surface area contributed by atoms with Crippen LogP contribution in [-0.2, 0) is 0 Å². The molecule has 0 aliphatic rings. The Hall–Kier alpha value is -3.02. The minimum Gasteiger partial charge on any atom is -0.497 e.